The summed E-state index contributed by atoms with van der Waals surface area (Å²) >= 11 is 0. The minimum absolute atomic E-state index is 0.396. The summed E-state index contributed by atoms with van der Waals surface area (Å²) in [5.74, 6) is 0. The number of aromatic nitrogens is 1. The number of nitrogens with zero attached hydrogens (tertiary/aromatic N) is 2. The van der Waals surface area contributed by atoms with Crippen molar-refractivity contribution in [3.63, 3.8) is 0 Å². The van der Waals surface area contributed by atoms with Crippen molar-refractivity contribution in [1.82, 2.24) is 15.2 Å². The molecule has 3 heteroatoms. The van der Waals surface area contributed by atoms with E-state index in [0.29, 0.717) is 5.41 Å². The number of hydrogen-bond donors (Lipinski definition) is 1. The van der Waals surface area contributed by atoms with Crippen LogP contribution in [-0.2, 0) is 6.42 Å². The van der Waals surface area contributed by atoms with E-state index < -0.39 is 0 Å². The predicted octanol–water partition coefficient (Wildman–Crippen LogP) is 2.58. The topological polar surface area (TPSA) is 28.2 Å². The van der Waals surface area contributed by atoms with Gasteiger partial charge in [-0.05, 0) is 44.5 Å². The molecule has 0 spiro atoms. The summed E-state index contributed by atoms with van der Waals surface area (Å²) in [5.41, 5.74) is 1.58. The normalized spacial score (nSPS) is 12.1. The van der Waals surface area contributed by atoms with Crippen LogP contribution in [0.15, 0.2) is 24.4 Å². The summed E-state index contributed by atoms with van der Waals surface area (Å²) in [6, 6.07) is 6.14. The van der Waals surface area contributed by atoms with Crippen molar-refractivity contribution in [2.75, 3.05) is 33.7 Å². The lowest BCUT2D eigenvalue weighted by Crippen LogP contribution is -2.42. The van der Waals surface area contributed by atoms with E-state index in [1.165, 1.54) is 18.5 Å². The summed E-state index contributed by atoms with van der Waals surface area (Å²) in [4.78, 5) is 6.83. The molecule has 0 aliphatic heterocycles. The molecule has 0 fully saturated rings. The van der Waals surface area contributed by atoms with Gasteiger partial charge in [0.2, 0.25) is 0 Å². The monoisotopic (exact) mass is 263 g/mol. The Morgan fingerprint density at radius 2 is 2.00 bits per heavy atom. The van der Waals surface area contributed by atoms with E-state index in [1.54, 1.807) is 0 Å². The third-order valence-electron chi connectivity index (χ3n) is 4.13. The molecule has 0 aromatic carbocycles. The van der Waals surface area contributed by atoms with Crippen molar-refractivity contribution in [2.24, 2.45) is 5.41 Å². The van der Waals surface area contributed by atoms with Crippen LogP contribution in [0.2, 0.25) is 0 Å². The molecule has 1 aromatic heterocycles. The molecular weight excluding hydrogens is 234 g/mol. The van der Waals surface area contributed by atoms with Gasteiger partial charge in [0.15, 0.2) is 0 Å². The quantitative estimate of drug-likeness (QED) is 0.742. The highest BCUT2D eigenvalue weighted by Crippen LogP contribution is 2.26. The fourth-order valence-corrected chi connectivity index (χ4v) is 2.66. The van der Waals surface area contributed by atoms with E-state index in [1.807, 2.05) is 19.3 Å². The Morgan fingerprint density at radius 1 is 1.26 bits per heavy atom. The van der Waals surface area contributed by atoms with E-state index in [9.17, 15) is 0 Å². The summed E-state index contributed by atoms with van der Waals surface area (Å²) in [6.45, 7) is 7.91. The van der Waals surface area contributed by atoms with Crippen LogP contribution in [-0.4, -0.2) is 43.6 Å². The van der Waals surface area contributed by atoms with Gasteiger partial charge < -0.3 is 10.2 Å². The van der Waals surface area contributed by atoms with Gasteiger partial charge in [0.05, 0.1) is 0 Å². The predicted molar refractivity (Wildman–Crippen MR) is 82.4 cm³/mol. The number of rotatable bonds is 9. The van der Waals surface area contributed by atoms with Crippen LogP contribution >= 0.6 is 0 Å². The highest BCUT2D eigenvalue weighted by atomic mass is 15.1. The first kappa shape index (κ1) is 16.1. The smallest absolute Gasteiger partial charge is 0.0416 e. The molecule has 0 radical (unpaired) electrons. The maximum absolute atomic E-state index is 4.38. The van der Waals surface area contributed by atoms with Crippen LogP contribution < -0.4 is 5.32 Å². The van der Waals surface area contributed by atoms with Gasteiger partial charge in [0, 0.05) is 37.9 Å². The first-order valence-electron chi connectivity index (χ1n) is 7.39. The van der Waals surface area contributed by atoms with Gasteiger partial charge in [-0.1, -0.05) is 19.9 Å². The Hall–Kier alpha value is -0.930. The van der Waals surface area contributed by atoms with Crippen molar-refractivity contribution in [3.05, 3.63) is 30.1 Å². The Bertz CT molecular complexity index is 333. The zero-order valence-corrected chi connectivity index (χ0v) is 12.9. The molecule has 0 saturated carbocycles. The van der Waals surface area contributed by atoms with E-state index in [0.717, 1.165) is 26.1 Å². The largest absolute Gasteiger partial charge is 0.319 e. The fourth-order valence-electron chi connectivity index (χ4n) is 2.66. The molecule has 0 amide bonds. The van der Waals surface area contributed by atoms with Gasteiger partial charge in [-0.15, -0.1) is 0 Å². The molecule has 0 aliphatic carbocycles. The molecule has 0 bridgehead atoms. The maximum atomic E-state index is 4.38. The minimum atomic E-state index is 0.396. The second-order valence-electron chi connectivity index (χ2n) is 5.55. The third-order valence-corrected chi connectivity index (χ3v) is 4.13. The summed E-state index contributed by atoms with van der Waals surface area (Å²) < 4.78 is 0. The second-order valence-corrected chi connectivity index (χ2v) is 5.55. The molecule has 1 heterocycles. The molecule has 19 heavy (non-hydrogen) atoms. The SMILES string of the molecule is CCC(CC)(CNC)CN(C)CCc1ccccn1. The minimum Gasteiger partial charge on any atom is -0.319 e. The van der Waals surface area contributed by atoms with Crippen LogP contribution in [0.3, 0.4) is 0 Å². The lowest BCUT2D eigenvalue weighted by atomic mass is 9.81. The van der Waals surface area contributed by atoms with Gasteiger partial charge in [0.25, 0.3) is 0 Å². The van der Waals surface area contributed by atoms with E-state index in [-0.39, 0.29) is 0 Å². The number of likely N-dealkylation sites (N-methyl/N-ethyl adjacent to an activating group) is 1. The standard InChI is InChI=1S/C16H29N3/c1-5-16(6-2,13-17-3)14-19(4)12-10-15-9-7-8-11-18-15/h7-9,11,17H,5-6,10,12-14H2,1-4H3. The average Bonchev–Trinajstić information content (AvgIpc) is 2.45. The first-order chi connectivity index (χ1) is 9.15. The average molecular weight is 263 g/mol. The molecule has 1 rings (SSSR count). The van der Waals surface area contributed by atoms with Gasteiger partial charge in [-0.2, -0.15) is 0 Å². The van der Waals surface area contributed by atoms with Gasteiger partial charge in [-0.3, -0.25) is 4.98 Å². The van der Waals surface area contributed by atoms with E-state index in [2.05, 4.69) is 48.2 Å². The molecule has 3 nitrogen and oxygen atoms in total. The zero-order chi connectivity index (χ0) is 14.1. The van der Waals surface area contributed by atoms with Crippen LogP contribution in [0.25, 0.3) is 0 Å². The van der Waals surface area contributed by atoms with Crippen LogP contribution in [0.4, 0.5) is 0 Å². The lowest BCUT2D eigenvalue weighted by Gasteiger charge is -2.35. The van der Waals surface area contributed by atoms with Crippen molar-refractivity contribution in [1.29, 1.82) is 0 Å². The molecule has 0 aliphatic rings. The third kappa shape index (κ3) is 5.29. The maximum Gasteiger partial charge on any atom is 0.0416 e. The fraction of sp³-hybridized carbons (Fsp3) is 0.688. The van der Waals surface area contributed by atoms with E-state index >= 15 is 0 Å². The Labute approximate surface area is 118 Å². The molecule has 108 valence electrons. The van der Waals surface area contributed by atoms with Crippen LogP contribution in [0.1, 0.15) is 32.4 Å². The summed E-state index contributed by atoms with van der Waals surface area (Å²) in [7, 11) is 4.27. The number of hydrogen-bond acceptors (Lipinski definition) is 3. The van der Waals surface area contributed by atoms with E-state index in [4.69, 9.17) is 0 Å². The van der Waals surface area contributed by atoms with Crippen LogP contribution in [0.5, 0.6) is 0 Å². The van der Waals surface area contributed by atoms with Gasteiger partial charge in [0.1, 0.15) is 0 Å². The molecule has 0 saturated heterocycles. The Balaban J connectivity index is 2.46. The van der Waals surface area contributed by atoms with Crippen molar-refractivity contribution in [2.45, 2.75) is 33.1 Å². The lowest BCUT2D eigenvalue weighted by molar-refractivity contribution is 0.159. The van der Waals surface area contributed by atoms with Crippen molar-refractivity contribution >= 4 is 0 Å². The highest BCUT2D eigenvalue weighted by Gasteiger charge is 2.26. The van der Waals surface area contributed by atoms with Crippen molar-refractivity contribution in [3.8, 4) is 0 Å². The first-order valence-corrected chi connectivity index (χ1v) is 7.39. The summed E-state index contributed by atoms with van der Waals surface area (Å²) in [5, 5.41) is 3.35. The number of pyridine rings is 1. The van der Waals surface area contributed by atoms with Gasteiger partial charge in [-0.25, -0.2) is 0 Å². The zero-order valence-electron chi connectivity index (χ0n) is 12.9. The summed E-state index contributed by atoms with van der Waals surface area (Å²) in [6.07, 6.45) is 5.34. The second kappa shape index (κ2) is 8.28. The number of nitrogens with one attached hydrogen (secondary N) is 1. The molecule has 0 unspecified atom stereocenters. The molecule has 1 N–H and O–H groups in total. The van der Waals surface area contributed by atoms with Crippen molar-refractivity contribution < 1.29 is 0 Å². The van der Waals surface area contributed by atoms with Gasteiger partial charge >= 0.3 is 0 Å². The Morgan fingerprint density at radius 3 is 2.53 bits per heavy atom. The highest BCUT2D eigenvalue weighted by molar-refractivity contribution is 5.03. The molecule has 1 aromatic rings. The Kier molecular flexibility index (Phi) is 7.03. The molecular formula is C16H29N3. The molecule has 0 atom stereocenters. The van der Waals surface area contributed by atoms with Crippen LogP contribution in [0, 0.1) is 5.41 Å².